The molecule has 27 heavy (non-hydrogen) atoms. The van der Waals surface area contributed by atoms with Crippen molar-refractivity contribution in [1.29, 1.82) is 0 Å². The minimum absolute atomic E-state index is 0.117. The molecule has 3 rings (SSSR count). The lowest BCUT2D eigenvalue weighted by atomic mass is 10.2. The van der Waals surface area contributed by atoms with Gasteiger partial charge < -0.3 is 15.0 Å². The summed E-state index contributed by atoms with van der Waals surface area (Å²) < 4.78 is 5.83. The topological polar surface area (TPSA) is 58.6 Å². The number of hydrogen-bond donors (Lipinski definition) is 1. The molecule has 2 amide bonds. The molecule has 0 bridgehead atoms. The number of benzene rings is 2. The summed E-state index contributed by atoms with van der Waals surface area (Å²) in [6.45, 7) is 1.99. The molecule has 1 saturated heterocycles. The second-order valence-electron chi connectivity index (χ2n) is 6.71. The van der Waals surface area contributed by atoms with Crippen LogP contribution in [0.5, 0.6) is 11.5 Å². The van der Waals surface area contributed by atoms with Crippen molar-refractivity contribution in [3.05, 3.63) is 60.2 Å². The number of rotatable bonds is 6. The first-order valence-corrected chi connectivity index (χ1v) is 9.62. The van der Waals surface area contributed by atoms with Crippen LogP contribution >= 0.6 is 0 Å². The first kappa shape index (κ1) is 19.0. The molecule has 1 aliphatic heterocycles. The lowest BCUT2D eigenvalue weighted by Crippen LogP contribution is -2.35. The number of hydrogen-bond acceptors (Lipinski definition) is 3. The fourth-order valence-electron chi connectivity index (χ4n) is 3.22. The Bertz CT molecular complexity index is 753. The van der Waals surface area contributed by atoms with Crippen molar-refractivity contribution < 1.29 is 14.3 Å². The molecule has 5 nitrogen and oxygen atoms in total. The summed E-state index contributed by atoms with van der Waals surface area (Å²) in [4.78, 5) is 26.8. The molecule has 0 saturated carbocycles. The molecule has 1 heterocycles. The number of carbonyl (C=O) groups is 2. The number of para-hydroxylation sites is 2. The predicted octanol–water partition coefficient (Wildman–Crippen LogP) is 4.00. The molecule has 0 unspecified atom stereocenters. The van der Waals surface area contributed by atoms with E-state index in [1.54, 1.807) is 18.2 Å². The van der Waals surface area contributed by atoms with Crippen molar-refractivity contribution in [2.75, 3.05) is 19.6 Å². The second kappa shape index (κ2) is 9.76. The van der Waals surface area contributed by atoms with Gasteiger partial charge in [0.15, 0.2) is 0 Å². The van der Waals surface area contributed by atoms with Crippen molar-refractivity contribution in [2.24, 2.45) is 0 Å². The van der Waals surface area contributed by atoms with Crippen LogP contribution in [-0.2, 0) is 4.79 Å². The summed E-state index contributed by atoms with van der Waals surface area (Å²) in [6, 6.07) is 16.5. The molecular weight excluding hydrogens is 340 g/mol. The zero-order chi connectivity index (χ0) is 18.9. The number of ether oxygens (including phenoxy) is 1. The van der Waals surface area contributed by atoms with E-state index >= 15 is 0 Å². The Hall–Kier alpha value is -2.82. The van der Waals surface area contributed by atoms with Crippen LogP contribution in [0.15, 0.2) is 54.6 Å². The normalized spacial score (nSPS) is 14.3. The first-order chi connectivity index (χ1) is 13.2. The van der Waals surface area contributed by atoms with Gasteiger partial charge in [-0.2, -0.15) is 0 Å². The van der Waals surface area contributed by atoms with Crippen LogP contribution in [0.25, 0.3) is 0 Å². The number of nitrogens with zero attached hydrogens (tertiary/aromatic N) is 1. The van der Waals surface area contributed by atoms with Crippen LogP contribution in [0.3, 0.4) is 0 Å². The van der Waals surface area contributed by atoms with E-state index in [1.807, 2.05) is 41.3 Å². The van der Waals surface area contributed by atoms with E-state index in [1.165, 1.54) is 12.8 Å². The Kier molecular flexibility index (Phi) is 6.85. The second-order valence-corrected chi connectivity index (χ2v) is 6.71. The van der Waals surface area contributed by atoms with E-state index in [-0.39, 0.29) is 11.8 Å². The predicted molar refractivity (Wildman–Crippen MR) is 105 cm³/mol. The summed E-state index contributed by atoms with van der Waals surface area (Å²) in [5.41, 5.74) is 0.462. The molecule has 142 valence electrons. The Balaban J connectivity index is 1.54. The fraction of sp³-hybridized carbons (Fsp3) is 0.364. The maximum atomic E-state index is 12.6. The Morgan fingerprint density at radius 2 is 1.56 bits per heavy atom. The SMILES string of the molecule is O=C(NCCC(=O)N1CCCCCC1)c1ccccc1Oc1ccccc1. The summed E-state index contributed by atoms with van der Waals surface area (Å²) >= 11 is 0. The molecule has 1 fully saturated rings. The molecule has 0 radical (unpaired) electrons. The van der Waals surface area contributed by atoms with E-state index in [2.05, 4.69) is 5.32 Å². The van der Waals surface area contributed by atoms with Crippen LogP contribution in [0.4, 0.5) is 0 Å². The molecule has 5 heteroatoms. The zero-order valence-electron chi connectivity index (χ0n) is 15.5. The van der Waals surface area contributed by atoms with Gasteiger partial charge in [-0.1, -0.05) is 43.2 Å². The van der Waals surface area contributed by atoms with Gasteiger partial charge in [0.1, 0.15) is 11.5 Å². The van der Waals surface area contributed by atoms with Crippen molar-refractivity contribution in [1.82, 2.24) is 10.2 Å². The van der Waals surface area contributed by atoms with Crippen LogP contribution in [-0.4, -0.2) is 36.3 Å². The number of carbonyl (C=O) groups excluding carboxylic acids is 2. The van der Waals surface area contributed by atoms with Gasteiger partial charge in [0.2, 0.25) is 5.91 Å². The van der Waals surface area contributed by atoms with E-state index in [0.29, 0.717) is 30.0 Å². The van der Waals surface area contributed by atoms with Crippen molar-refractivity contribution in [2.45, 2.75) is 32.1 Å². The highest BCUT2D eigenvalue weighted by Gasteiger charge is 2.17. The smallest absolute Gasteiger partial charge is 0.255 e. The summed E-state index contributed by atoms with van der Waals surface area (Å²) in [5.74, 6) is 1.06. The zero-order valence-corrected chi connectivity index (χ0v) is 15.5. The van der Waals surface area contributed by atoms with Crippen LogP contribution in [0.1, 0.15) is 42.5 Å². The maximum Gasteiger partial charge on any atom is 0.255 e. The molecule has 2 aromatic rings. The third kappa shape index (κ3) is 5.58. The van der Waals surface area contributed by atoms with Crippen LogP contribution in [0, 0.1) is 0 Å². The van der Waals surface area contributed by atoms with Gasteiger partial charge in [-0.15, -0.1) is 0 Å². The third-order valence-electron chi connectivity index (χ3n) is 4.69. The highest BCUT2D eigenvalue weighted by molar-refractivity contribution is 5.97. The Morgan fingerprint density at radius 3 is 2.30 bits per heavy atom. The molecular formula is C22H26N2O3. The molecule has 0 aromatic heterocycles. The van der Waals surface area contributed by atoms with Gasteiger partial charge in [-0.25, -0.2) is 0 Å². The average molecular weight is 366 g/mol. The standard InChI is InChI=1S/C22H26N2O3/c25-21(24-16-8-1-2-9-17-24)14-15-23-22(26)19-12-6-7-13-20(19)27-18-10-4-3-5-11-18/h3-7,10-13H,1-2,8-9,14-17H2,(H,23,26). The minimum atomic E-state index is -0.231. The van der Waals surface area contributed by atoms with Crippen molar-refractivity contribution >= 4 is 11.8 Å². The highest BCUT2D eigenvalue weighted by Crippen LogP contribution is 2.24. The van der Waals surface area contributed by atoms with E-state index in [0.717, 1.165) is 25.9 Å². The van der Waals surface area contributed by atoms with Gasteiger partial charge in [0.25, 0.3) is 5.91 Å². The van der Waals surface area contributed by atoms with Crippen molar-refractivity contribution in [3.63, 3.8) is 0 Å². The molecule has 0 aliphatic carbocycles. The average Bonchev–Trinajstić information content (AvgIpc) is 2.98. The number of nitrogens with one attached hydrogen (secondary N) is 1. The van der Waals surface area contributed by atoms with Crippen LogP contribution in [0.2, 0.25) is 0 Å². The first-order valence-electron chi connectivity index (χ1n) is 9.62. The molecule has 0 atom stereocenters. The molecule has 1 N–H and O–H groups in total. The monoisotopic (exact) mass is 366 g/mol. The lowest BCUT2D eigenvalue weighted by Gasteiger charge is -2.20. The Labute approximate surface area is 160 Å². The van der Waals surface area contributed by atoms with E-state index < -0.39 is 0 Å². The third-order valence-corrected chi connectivity index (χ3v) is 4.69. The number of amides is 2. The summed E-state index contributed by atoms with van der Waals surface area (Å²) in [7, 11) is 0. The molecule has 0 spiro atoms. The van der Waals surface area contributed by atoms with E-state index in [9.17, 15) is 9.59 Å². The fourth-order valence-corrected chi connectivity index (χ4v) is 3.22. The lowest BCUT2D eigenvalue weighted by molar-refractivity contribution is -0.131. The van der Waals surface area contributed by atoms with Crippen molar-refractivity contribution in [3.8, 4) is 11.5 Å². The summed E-state index contributed by atoms with van der Waals surface area (Å²) in [5, 5.41) is 2.84. The Morgan fingerprint density at radius 1 is 0.889 bits per heavy atom. The summed E-state index contributed by atoms with van der Waals surface area (Å²) in [6.07, 6.45) is 4.86. The molecule has 2 aromatic carbocycles. The number of likely N-dealkylation sites (tertiary alicyclic amines) is 1. The van der Waals surface area contributed by atoms with Gasteiger partial charge in [-0.3, -0.25) is 9.59 Å². The minimum Gasteiger partial charge on any atom is -0.457 e. The largest absolute Gasteiger partial charge is 0.457 e. The van der Waals surface area contributed by atoms with Crippen LogP contribution < -0.4 is 10.1 Å². The maximum absolute atomic E-state index is 12.6. The quantitative estimate of drug-likeness (QED) is 0.841. The van der Waals surface area contributed by atoms with Gasteiger partial charge in [0, 0.05) is 26.1 Å². The van der Waals surface area contributed by atoms with E-state index in [4.69, 9.17) is 4.74 Å². The van der Waals surface area contributed by atoms with Gasteiger partial charge in [-0.05, 0) is 37.1 Å². The molecule has 1 aliphatic rings. The highest BCUT2D eigenvalue weighted by atomic mass is 16.5. The van der Waals surface area contributed by atoms with Gasteiger partial charge in [0.05, 0.1) is 5.56 Å². The van der Waals surface area contributed by atoms with Gasteiger partial charge >= 0.3 is 0 Å².